The number of carbonyl (C=O) groups excluding carboxylic acids is 1. The van der Waals surface area contributed by atoms with Gasteiger partial charge in [-0.25, -0.2) is 0 Å². The van der Waals surface area contributed by atoms with Gasteiger partial charge in [0.1, 0.15) is 0 Å². The molecule has 1 atom stereocenters. The molecule has 1 rings (SSSR count). The van der Waals surface area contributed by atoms with Crippen LogP contribution in [0.4, 0.5) is 0 Å². The molecule has 0 fully saturated rings. The van der Waals surface area contributed by atoms with Crippen LogP contribution in [0.2, 0.25) is 0 Å². The number of aliphatic carboxylic acids is 1. The van der Waals surface area contributed by atoms with Gasteiger partial charge in [-0.2, -0.15) is 0 Å². The molecule has 4 heteroatoms. The van der Waals surface area contributed by atoms with E-state index < -0.39 is 17.9 Å². The number of hydrogen-bond acceptors (Lipinski definition) is 3. The van der Waals surface area contributed by atoms with Gasteiger partial charge in [-0.1, -0.05) is 30.3 Å². The Morgan fingerprint density at radius 1 is 1.29 bits per heavy atom. The number of carboxylic acids is 1. The van der Waals surface area contributed by atoms with Crippen LogP contribution in [0.15, 0.2) is 30.3 Å². The fourth-order valence-electron chi connectivity index (χ4n) is 1.57. The quantitative estimate of drug-likeness (QED) is 0.766. The van der Waals surface area contributed by atoms with E-state index >= 15 is 0 Å². The van der Waals surface area contributed by atoms with Crippen LogP contribution in [0.1, 0.15) is 18.9 Å². The molecule has 0 saturated heterocycles. The van der Waals surface area contributed by atoms with Crippen LogP contribution in [0.25, 0.3) is 0 Å². The molecule has 4 nitrogen and oxygen atoms in total. The molecule has 0 amide bonds. The van der Waals surface area contributed by atoms with Crippen molar-refractivity contribution in [1.29, 1.82) is 0 Å². The summed E-state index contributed by atoms with van der Waals surface area (Å²) in [7, 11) is 0. The molecule has 1 N–H and O–H groups in total. The smallest absolute Gasteiger partial charge is 0.307 e. The van der Waals surface area contributed by atoms with Gasteiger partial charge in [-0.05, 0) is 18.9 Å². The second-order valence-corrected chi connectivity index (χ2v) is 3.73. The lowest BCUT2D eigenvalue weighted by atomic mass is 9.96. The fourth-order valence-corrected chi connectivity index (χ4v) is 1.57. The Hall–Kier alpha value is -1.84. The molecule has 0 aliphatic carbocycles. The molecule has 0 radical (unpaired) electrons. The van der Waals surface area contributed by atoms with Gasteiger partial charge >= 0.3 is 11.9 Å². The molecule has 0 bridgehead atoms. The minimum atomic E-state index is -0.970. The van der Waals surface area contributed by atoms with Gasteiger partial charge in [0.25, 0.3) is 0 Å². The Balaban J connectivity index is 2.61. The highest BCUT2D eigenvalue weighted by Gasteiger charge is 2.22. The minimum Gasteiger partial charge on any atom is -0.481 e. The molecule has 0 aliphatic rings. The third kappa shape index (κ3) is 4.68. The third-order valence-electron chi connectivity index (χ3n) is 2.39. The Kier molecular flexibility index (Phi) is 5.20. The molecule has 1 aromatic rings. The minimum absolute atomic E-state index is 0.0853. The van der Waals surface area contributed by atoms with Crippen LogP contribution >= 0.6 is 0 Å². The van der Waals surface area contributed by atoms with Crippen molar-refractivity contribution in [2.45, 2.75) is 19.8 Å². The summed E-state index contributed by atoms with van der Waals surface area (Å²) in [6.45, 7) is 1.97. The Bertz CT molecular complexity index is 372. The molecule has 17 heavy (non-hydrogen) atoms. The predicted octanol–water partition coefficient (Wildman–Crippen LogP) is 1.88. The van der Waals surface area contributed by atoms with E-state index in [1.165, 1.54) is 0 Å². The first kappa shape index (κ1) is 13.2. The zero-order valence-corrected chi connectivity index (χ0v) is 9.76. The van der Waals surface area contributed by atoms with Crippen molar-refractivity contribution >= 4 is 11.9 Å². The summed E-state index contributed by atoms with van der Waals surface area (Å²) in [5.74, 6) is -2.16. The summed E-state index contributed by atoms with van der Waals surface area (Å²) in [6, 6.07) is 9.25. The lowest BCUT2D eigenvalue weighted by Crippen LogP contribution is -2.21. The van der Waals surface area contributed by atoms with Gasteiger partial charge in [-0.3, -0.25) is 9.59 Å². The van der Waals surface area contributed by atoms with Crippen molar-refractivity contribution < 1.29 is 19.4 Å². The first-order chi connectivity index (χ1) is 8.13. The van der Waals surface area contributed by atoms with E-state index in [0.717, 1.165) is 5.56 Å². The SMILES string of the molecule is CCOC(=O)C[C@H](Cc1ccccc1)C(=O)O. The van der Waals surface area contributed by atoms with E-state index in [2.05, 4.69) is 0 Å². The van der Waals surface area contributed by atoms with Crippen molar-refractivity contribution in [3.8, 4) is 0 Å². The molecule has 0 aliphatic heterocycles. The van der Waals surface area contributed by atoms with Crippen LogP contribution in [-0.4, -0.2) is 23.7 Å². The highest BCUT2D eigenvalue weighted by molar-refractivity contribution is 5.79. The van der Waals surface area contributed by atoms with E-state index in [9.17, 15) is 9.59 Å². The highest BCUT2D eigenvalue weighted by atomic mass is 16.5. The average molecular weight is 236 g/mol. The van der Waals surface area contributed by atoms with E-state index in [1.807, 2.05) is 30.3 Å². The average Bonchev–Trinajstić information content (AvgIpc) is 2.29. The number of hydrogen-bond donors (Lipinski definition) is 1. The molecular weight excluding hydrogens is 220 g/mol. The van der Waals surface area contributed by atoms with E-state index in [-0.39, 0.29) is 13.0 Å². The van der Waals surface area contributed by atoms with Gasteiger partial charge in [0.15, 0.2) is 0 Å². The molecule has 92 valence electrons. The lowest BCUT2D eigenvalue weighted by Gasteiger charge is -2.11. The standard InChI is InChI=1S/C13H16O4/c1-2-17-12(14)9-11(13(15)16)8-10-6-4-3-5-7-10/h3-7,11H,2,8-9H2,1H3,(H,15,16)/t11-/m0/s1. The summed E-state index contributed by atoms with van der Waals surface area (Å²) in [4.78, 5) is 22.3. The van der Waals surface area contributed by atoms with E-state index in [0.29, 0.717) is 6.42 Å². The van der Waals surface area contributed by atoms with E-state index in [1.54, 1.807) is 6.92 Å². The third-order valence-corrected chi connectivity index (χ3v) is 2.39. The molecule has 0 heterocycles. The monoisotopic (exact) mass is 236 g/mol. The van der Waals surface area contributed by atoms with Gasteiger partial charge in [0.05, 0.1) is 18.9 Å². The van der Waals surface area contributed by atoms with Crippen molar-refractivity contribution in [2.24, 2.45) is 5.92 Å². The van der Waals surface area contributed by atoms with Gasteiger partial charge in [0.2, 0.25) is 0 Å². The summed E-state index contributed by atoms with van der Waals surface area (Å²) in [6.07, 6.45) is 0.257. The predicted molar refractivity (Wildman–Crippen MR) is 62.5 cm³/mol. The topological polar surface area (TPSA) is 63.6 Å². The Morgan fingerprint density at radius 2 is 1.94 bits per heavy atom. The Morgan fingerprint density at radius 3 is 2.47 bits per heavy atom. The molecule has 0 aromatic heterocycles. The van der Waals surface area contributed by atoms with Crippen molar-refractivity contribution in [2.75, 3.05) is 6.61 Å². The normalized spacial score (nSPS) is 11.8. The van der Waals surface area contributed by atoms with Gasteiger partial charge < -0.3 is 9.84 Å². The maximum Gasteiger partial charge on any atom is 0.307 e. The van der Waals surface area contributed by atoms with Crippen LogP contribution in [0.5, 0.6) is 0 Å². The van der Waals surface area contributed by atoms with Gasteiger partial charge in [0, 0.05) is 0 Å². The summed E-state index contributed by atoms with van der Waals surface area (Å²) in [5, 5.41) is 9.04. The van der Waals surface area contributed by atoms with Crippen molar-refractivity contribution in [3.63, 3.8) is 0 Å². The largest absolute Gasteiger partial charge is 0.481 e. The molecular formula is C13H16O4. The number of esters is 1. The fraction of sp³-hybridized carbons (Fsp3) is 0.385. The van der Waals surface area contributed by atoms with Crippen LogP contribution in [0, 0.1) is 5.92 Å². The first-order valence-corrected chi connectivity index (χ1v) is 5.55. The van der Waals surface area contributed by atoms with Crippen LogP contribution < -0.4 is 0 Å². The molecule has 0 spiro atoms. The second-order valence-electron chi connectivity index (χ2n) is 3.73. The highest BCUT2D eigenvalue weighted by Crippen LogP contribution is 2.13. The molecule has 1 aromatic carbocycles. The van der Waals surface area contributed by atoms with Crippen molar-refractivity contribution in [3.05, 3.63) is 35.9 Å². The second kappa shape index (κ2) is 6.68. The zero-order chi connectivity index (χ0) is 12.7. The maximum atomic E-state index is 11.3. The van der Waals surface area contributed by atoms with E-state index in [4.69, 9.17) is 9.84 Å². The van der Waals surface area contributed by atoms with Crippen molar-refractivity contribution in [1.82, 2.24) is 0 Å². The summed E-state index contributed by atoms with van der Waals surface area (Å²) < 4.78 is 4.76. The Labute approximate surface area is 100 Å². The summed E-state index contributed by atoms with van der Waals surface area (Å²) >= 11 is 0. The molecule has 0 unspecified atom stereocenters. The van der Waals surface area contributed by atoms with Crippen LogP contribution in [0.3, 0.4) is 0 Å². The first-order valence-electron chi connectivity index (χ1n) is 5.55. The lowest BCUT2D eigenvalue weighted by molar-refractivity contribution is -0.151. The summed E-state index contributed by atoms with van der Waals surface area (Å²) in [5.41, 5.74) is 0.907. The number of carbonyl (C=O) groups is 2. The number of carboxylic acid groups (broad SMARTS) is 1. The molecule has 0 saturated carbocycles. The number of benzene rings is 1. The zero-order valence-electron chi connectivity index (χ0n) is 9.76. The van der Waals surface area contributed by atoms with Gasteiger partial charge in [-0.15, -0.1) is 0 Å². The number of rotatable bonds is 6. The van der Waals surface area contributed by atoms with Crippen LogP contribution in [-0.2, 0) is 20.7 Å². The maximum absolute atomic E-state index is 11.3. The number of ether oxygens (including phenoxy) is 1.